The molecule has 0 aromatic rings. The van der Waals surface area contributed by atoms with Gasteiger partial charge >= 0.3 is 0 Å². The number of nitrogens with zero attached hydrogens (tertiary/aromatic N) is 1. The second-order valence-corrected chi connectivity index (χ2v) is 4.46. The summed E-state index contributed by atoms with van der Waals surface area (Å²) in [6.45, 7) is 6.77. The van der Waals surface area contributed by atoms with Crippen molar-refractivity contribution in [2.75, 3.05) is 20.1 Å². The molecule has 1 atom stereocenters. The first-order valence-corrected chi connectivity index (χ1v) is 4.48. The maximum absolute atomic E-state index is 5.85. The molecule has 0 bridgehead atoms. The van der Waals surface area contributed by atoms with Crippen molar-refractivity contribution in [1.82, 2.24) is 4.90 Å². The first kappa shape index (κ1) is 7.56. The van der Waals surface area contributed by atoms with E-state index >= 15 is 0 Å². The minimum absolute atomic E-state index is 0.295. The number of hydrogen-bond donors (Lipinski definition) is 0. The summed E-state index contributed by atoms with van der Waals surface area (Å²) in [7, 11) is 2.15. The predicted molar refractivity (Wildman–Crippen MR) is 44.6 cm³/mol. The van der Waals surface area contributed by atoms with Crippen molar-refractivity contribution in [3.63, 3.8) is 0 Å². The minimum atomic E-state index is 0.295. The van der Waals surface area contributed by atoms with Crippen molar-refractivity contribution in [2.24, 2.45) is 5.92 Å². The summed E-state index contributed by atoms with van der Waals surface area (Å²) < 4.78 is 5.85. The van der Waals surface area contributed by atoms with E-state index in [2.05, 4.69) is 25.8 Å². The minimum Gasteiger partial charge on any atom is -0.369 e. The van der Waals surface area contributed by atoms with Crippen LogP contribution in [0.2, 0.25) is 0 Å². The van der Waals surface area contributed by atoms with Crippen LogP contribution in [0.4, 0.5) is 0 Å². The van der Waals surface area contributed by atoms with Crippen molar-refractivity contribution >= 4 is 0 Å². The van der Waals surface area contributed by atoms with Gasteiger partial charge in [0.05, 0.1) is 11.7 Å². The van der Waals surface area contributed by atoms with Gasteiger partial charge in [0, 0.05) is 19.5 Å². The first-order chi connectivity index (χ1) is 5.11. The third kappa shape index (κ3) is 1.09. The van der Waals surface area contributed by atoms with E-state index in [1.807, 2.05) is 0 Å². The molecule has 0 aromatic heterocycles. The lowest BCUT2D eigenvalue weighted by Crippen LogP contribution is -2.70. The van der Waals surface area contributed by atoms with Crippen LogP contribution in [-0.2, 0) is 4.74 Å². The number of ether oxygens (including phenoxy) is 1. The summed E-state index contributed by atoms with van der Waals surface area (Å²) in [5.74, 6) is 0.700. The molecule has 0 N–H and O–H groups in total. The highest BCUT2D eigenvalue weighted by Crippen LogP contribution is 2.42. The third-order valence-electron chi connectivity index (χ3n) is 2.83. The average molecular weight is 155 g/mol. The number of rotatable bonds is 1. The maximum Gasteiger partial charge on any atom is 0.0963 e. The summed E-state index contributed by atoms with van der Waals surface area (Å²) in [5.41, 5.74) is 0.295. The molecule has 2 aliphatic heterocycles. The van der Waals surface area contributed by atoms with E-state index in [0.29, 0.717) is 17.6 Å². The Hall–Kier alpha value is -0.0800. The fraction of sp³-hybridized carbons (Fsp3) is 1.00. The molecular weight excluding hydrogens is 138 g/mol. The Morgan fingerprint density at radius 1 is 1.45 bits per heavy atom. The molecule has 0 radical (unpaired) electrons. The lowest BCUT2D eigenvalue weighted by molar-refractivity contribution is -0.271. The van der Waals surface area contributed by atoms with E-state index in [4.69, 9.17) is 4.74 Å². The fourth-order valence-corrected chi connectivity index (χ4v) is 2.19. The van der Waals surface area contributed by atoms with E-state index in [-0.39, 0.29) is 0 Å². The molecule has 0 aliphatic carbocycles. The zero-order chi connectivity index (χ0) is 8.06. The Bertz CT molecular complexity index is 153. The number of hydrogen-bond acceptors (Lipinski definition) is 2. The SMILES string of the molecule is CC(C)C1CC2(CN(C)C2)O1. The second-order valence-electron chi connectivity index (χ2n) is 4.46. The lowest BCUT2D eigenvalue weighted by atomic mass is 9.79. The predicted octanol–water partition coefficient (Wildman–Crippen LogP) is 1.12. The molecule has 2 aliphatic rings. The van der Waals surface area contributed by atoms with Crippen LogP contribution in [0.5, 0.6) is 0 Å². The Labute approximate surface area is 68.5 Å². The quantitative estimate of drug-likeness (QED) is 0.562. The molecule has 11 heavy (non-hydrogen) atoms. The molecule has 64 valence electrons. The van der Waals surface area contributed by atoms with Crippen LogP contribution in [0.15, 0.2) is 0 Å². The van der Waals surface area contributed by atoms with Crippen LogP contribution in [0.3, 0.4) is 0 Å². The molecule has 2 fully saturated rings. The summed E-state index contributed by atoms with van der Waals surface area (Å²) in [6, 6.07) is 0. The molecule has 2 nitrogen and oxygen atoms in total. The Balaban J connectivity index is 1.80. The van der Waals surface area contributed by atoms with Gasteiger partial charge in [0.15, 0.2) is 0 Å². The van der Waals surface area contributed by atoms with Crippen LogP contribution in [-0.4, -0.2) is 36.7 Å². The topological polar surface area (TPSA) is 12.5 Å². The molecule has 2 heterocycles. The molecular formula is C9H17NO. The zero-order valence-corrected chi connectivity index (χ0v) is 7.63. The van der Waals surface area contributed by atoms with Crippen molar-refractivity contribution in [1.29, 1.82) is 0 Å². The van der Waals surface area contributed by atoms with E-state index < -0.39 is 0 Å². The molecule has 0 amide bonds. The van der Waals surface area contributed by atoms with Crippen LogP contribution in [0.25, 0.3) is 0 Å². The highest BCUT2D eigenvalue weighted by atomic mass is 16.5. The Morgan fingerprint density at radius 2 is 2.00 bits per heavy atom. The molecule has 2 saturated heterocycles. The summed E-state index contributed by atoms with van der Waals surface area (Å²) in [6.07, 6.45) is 1.83. The smallest absolute Gasteiger partial charge is 0.0963 e. The normalized spacial score (nSPS) is 35.5. The first-order valence-electron chi connectivity index (χ1n) is 4.48. The molecule has 0 saturated carbocycles. The van der Waals surface area contributed by atoms with Crippen molar-refractivity contribution < 1.29 is 4.74 Å². The maximum atomic E-state index is 5.85. The molecule has 0 aromatic carbocycles. The Kier molecular flexibility index (Phi) is 1.52. The van der Waals surface area contributed by atoms with E-state index in [0.717, 1.165) is 13.1 Å². The van der Waals surface area contributed by atoms with Gasteiger partial charge < -0.3 is 9.64 Å². The van der Waals surface area contributed by atoms with E-state index in [1.165, 1.54) is 6.42 Å². The summed E-state index contributed by atoms with van der Waals surface area (Å²) in [4.78, 5) is 2.32. The van der Waals surface area contributed by atoms with Gasteiger partial charge in [-0.2, -0.15) is 0 Å². The van der Waals surface area contributed by atoms with Crippen LogP contribution >= 0.6 is 0 Å². The lowest BCUT2D eigenvalue weighted by Gasteiger charge is -2.58. The average Bonchev–Trinajstić information content (AvgIpc) is 1.73. The highest BCUT2D eigenvalue weighted by molar-refractivity contribution is 5.04. The van der Waals surface area contributed by atoms with Gasteiger partial charge in [-0.15, -0.1) is 0 Å². The zero-order valence-electron chi connectivity index (χ0n) is 7.63. The largest absolute Gasteiger partial charge is 0.369 e. The van der Waals surface area contributed by atoms with Crippen LogP contribution in [0.1, 0.15) is 20.3 Å². The standard InChI is InChI=1S/C9H17NO/c1-7(2)8-4-9(11-8)5-10(3)6-9/h7-8H,4-6H2,1-3H3. The van der Waals surface area contributed by atoms with Gasteiger partial charge in [-0.1, -0.05) is 13.8 Å². The summed E-state index contributed by atoms with van der Waals surface area (Å²) in [5, 5.41) is 0. The third-order valence-corrected chi connectivity index (χ3v) is 2.83. The number of likely N-dealkylation sites (N-methyl/N-ethyl adjacent to an activating group) is 1. The van der Waals surface area contributed by atoms with Gasteiger partial charge in [0.25, 0.3) is 0 Å². The van der Waals surface area contributed by atoms with Crippen molar-refractivity contribution in [3.05, 3.63) is 0 Å². The van der Waals surface area contributed by atoms with Gasteiger partial charge in [0.2, 0.25) is 0 Å². The van der Waals surface area contributed by atoms with Crippen molar-refractivity contribution in [3.8, 4) is 0 Å². The molecule has 2 rings (SSSR count). The van der Waals surface area contributed by atoms with E-state index in [9.17, 15) is 0 Å². The second kappa shape index (κ2) is 2.20. The molecule has 2 heteroatoms. The van der Waals surface area contributed by atoms with Gasteiger partial charge in [-0.3, -0.25) is 0 Å². The molecule has 1 unspecified atom stereocenters. The van der Waals surface area contributed by atoms with Gasteiger partial charge in [0.1, 0.15) is 0 Å². The van der Waals surface area contributed by atoms with Crippen LogP contribution in [0, 0.1) is 5.92 Å². The van der Waals surface area contributed by atoms with Crippen LogP contribution < -0.4 is 0 Å². The van der Waals surface area contributed by atoms with Gasteiger partial charge in [-0.05, 0) is 13.0 Å². The monoisotopic (exact) mass is 155 g/mol. The van der Waals surface area contributed by atoms with Gasteiger partial charge in [-0.25, -0.2) is 0 Å². The van der Waals surface area contributed by atoms with Crippen molar-refractivity contribution in [2.45, 2.75) is 32.0 Å². The highest BCUT2D eigenvalue weighted by Gasteiger charge is 2.53. The summed E-state index contributed by atoms with van der Waals surface area (Å²) >= 11 is 0. The number of likely N-dealkylation sites (tertiary alicyclic amines) is 1. The fourth-order valence-electron chi connectivity index (χ4n) is 2.19. The van der Waals surface area contributed by atoms with E-state index in [1.54, 1.807) is 0 Å². The molecule has 1 spiro atoms. The Morgan fingerprint density at radius 3 is 2.36 bits per heavy atom.